The Morgan fingerprint density at radius 1 is 1.11 bits per heavy atom. The number of ether oxygens (including phenoxy) is 1. The lowest BCUT2D eigenvalue weighted by Gasteiger charge is -2.20. The zero-order chi connectivity index (χ0) is 14.2. The zero-order valence-corrected chi connectivity index (χ0v) is 12.7. The zero-order valence-electron chi connectivity index (χ0n) is 12.7. The molecule has 0 aromatic heterocycles. The highest BCUT2D eigenvalue weighted by Crippen LogP contribution is 2.34. The number of rotatable bonds is 1. The van der Waals surface area contributed by atoms with Gasteiger partial charge in [0.15, 0.2) is 0 Å². The monoisotopic (exact) mass is 257 g/mol. The first-order chi connectivity index (χ1) is 8.79. The molecule has 0 bridgehead atoms. The highest BCUT2D eigenvalue weighted by molar-refractivity contribution is 5.98. The summed E-state index contributed by atoms with van der Waals surface area (Å²) in [6.07, 6.45) is 2.28. The molecule has 1 aliphatic rings. The van der Waals surface area contributed by atoms with Crippen LogP contribution in [0.5, 0.6) is 0 Å². The van der Waals surface area contributed by atoms with Gasteiger partial charge in [0.2, 0.25) is 5.90 Å². The average molecular weight is 257 g/mol. The van der Waals surface area contributed by atoms with Crippen LogP contribution in [0.3, 0.4) is 0 Å². The standard InChI is InChI=1S/C17H23NO/c1-11-8-7-9-12(2)15(11)18-16-14(17(4,5)6)10-13(3)19-16/h7-10,13H,1-6H3. The van der Waals surface area contributed by atoms with E-state index in [4.69, 9.17) is 9.73 Å². The van der Waals surface area contributed by atoms with Gasteiger partial charge in [-0.25, -0.2) is 4.99 Å². The van der Waals surface area contributed by atoms with Crippen molar-refractivity contribution in [2.75, 3.05) is 0 Å². The second kappa shape index (κ2) is 4.84. The lowest BCUT2D eigenvalue weighted by molar-refractivity contribution is 0.270. The minimum absolute atomic E-state index is 0.0557. The largest absolute Gasteiger partial charge is 0.470 e. The van der Waals surface area contributed by atoms with E-state index >= 15 is 0 Å². The number of para-hydroxylation sites is 1. The van der Waals surface area contributed by atoms with Crippen LogP contribution in [-0.2, 0) is 4.74 Å². The van der Waals surface area contributed by atoms with Crippen molar-refractivity contribution in [2.24, 2.45) is 10.4 Å². The van der Waals surface area contributed by atoms with Crippen LogP contribution in [-0.4, -0.2) is 12.0 Å². The lowest BCUT2D eigenvalue weighted by atomic mass is 9.86. The summed E-state index contributed by atoms with van der Waals surface area (Å²) < 4.78 is 5.87. The summed E-state index contributed by atoms with van der Waals surface area (Å²) in [6, 6.07) is 6.24. The van der Waals surface area contributed by atoms with Crippen LogP contribution in [0, 0.1) is 19.3 Å². The minimum Gasteiger partial charge on any atom is -0.470 e. The van der Waals surface area contributed by atoms with Gasteiger partial charge in [-0.05, 0) is 43.4 Å². The van der Waals surface area contributed by atoms with Crippen LogP contribution in [0.15, 0.2) is 34.8 Å². The molecule has 2 rings (SSSR count). The summed E-state index contributed by atoms with van der Waals surface area (Å²) >= 11 is 0. The van der Waals surface area contributed by atoms with Crippen LogP contribution < -0.4 is 0 Å². The van der Waals surface area contributed by atoms with Crippen LogP contribution in [0.25, 0.3) is 0 Å². The van der Waals surface area contributed by atoms with Gasteiger partial charge in [0.25, 0.3) is 0 Å². The molecular weight excluding hydrogens is 234 g/mol. The van der Waals surface area contributed by atoms with Crippen LogP contribution in [0.4, 0.5) is 5.69 Å². The molecule has 1 atom stereocenters. The highest BCUT2D eigenvalue weighted by atomic mass is 16.5. The molecular formula is C17H23NO. The van der Waals surface area contributed by atoms with Crippen LogP contribution >= 0.6 is 0 Å². The Morgan fingerprint density at radius 3 is 2.21 bits per heavy atom. The quantitative estimate of drug-likeness (QED) is 0.713. The van der Waals surface area contributed by atoms with Crippen LogP contribution in [0.2, 0.25) is 0 Å². The van der Waals surface area contributed by atoms with E-state index in [1.807, 2.05) is 0 Å². The first-order valence-electron chi connectivity index (χ1n) is 6.83. The van der Waals surface area contributed by atoms with Gasteiger partial charge in [-0.1, -0.05) is 39.0 Å². The van der Waals surface area contributed by atoms with Gasteiger partial charge in [0, 0.05) is 5.57 Å². The van der Waals surface area contributed by atoms with Crippen molar-refractivity contribution in [2.45, 2.75) is 47.6 Å². The maximum atomic E-state index is 5.87. The van der Waals surface area contributed by atoms with Gasteiger partial charge >= 0.3 is 0 Å². The maximum absolute atomic E-state index is 5.87. The van der Waals surface area contributed by atoms with E-state index in [0.29, 0.717) is 0 Å². The summed E-state index contributed by atoms with van der Waals surface area (Å²) in [5, 5.41) is 0. The second-order valence-electron chi connectivity index (χ2n) is 6.31. The Labute approximate surface area is 116 Å². The third kappa shape index (κ3) is 2.89. The first-order valence-corrected chi connectivity index (χ1v) is 6.83. The molecule has 1 heterocycles. The van der Waals surface area contributed by atoms with E-state index in [0.717, 1.165) is 11.6 Å². The molecule has 0 aliphatic carbocycles. The molecule has 1 aromatic rings. The van der Waals surface area contributed by atoms with Crippen molar-refractivity contribution in [3.63, 3.8) is 0 Å². The Bertz CT molecular complexity index is 527. The van der Waals surface area contributed by atoms with Gasteiger partial charge in [0.05, 0.1) is 5.69 Å². The molecule has 1 unspecified atom stereocenters. The van der Waals surface area contributed by atoms with Crippen molar-refractivity contribution in [3.8, 4) is 0 Å². The van der Waals surface area contributed by atoms with Crippen molar-refractivity contribution in [3.05, 3.63) is 41.0 Å². The fraction of sp³-hybridized carbons (Fsp3) is 0.471. The van der Waals surface area contributed by atoms with Crippen LogP contribution in [0.1, 0.15) is 38.8 Å². The third-order valence-corrected chi connectivity index (χ3v) is 3.39. The predicted octanol–water partition coefficient (Wildman–Crippen LogP) is 4.72. The molecule has 19 heavy (non-hydrogen) atoms. The predicted molar refractivity (Wildman–Crippen MR) is 81.1 cm³/mol. The van der Waals surface area contributed by atoms with E-state index < -0.39 is 0 Å². The third-order valence-electron chi connectivity index (χ3n) is 3.39. The smallest absolute Gasteiger partial charge is 0.218 e. The van der Waals surface area contributed by atoms with Crippen molar-refractivity contribution in [1.82, 2.24) is 0 Å². The van der Waals surface area contributed by atoms with Gasteiger partial charge in [0.1, 0.15) is 6.10 Å². The summed E-state index contributed by atoms with van der Waals surface area (Å²) in [6.45, 7) is 12.8. The second-order valence-corrected chi connectivity index (χ2v) is 6.31. The average Bonchev–Trinajstić information content (AvgIpc) is 2.65. The van der Waals surface area contributed by atoms with E-state index in [1.165, 1.54) is 16.7 Å². The molecule has 0 fully saturated rings. The topological polar surface area (TPSA) is 21.6 Å². The molecule has 0 saturated carbocycles. The van der Waals surface area contributed by atoms with Crippen molar-refractivity contribution < 1.29 is 4.74 Å². The minimum atomic E-state index is 0.0557. The maximum Gasteiger partial charge on any atom is 0.218 e. The number of aryl methyl sites for hydroxylation is 2. The van der Waals surface area contributed by atoms with Crippen molar-refractivity contribution >= 4 is 11.6 Å². The number of hydrogen-bond acceptors (Lipinski definition) is 2. The van der Waals surface area contributed by atoms with Gasteiger partial charge in [-0.2, -0.15) is 0 Å². The molecule has 1 aliphatic heterocycles. The van der Waals surface area contributed by atoms with Gasteiger partial charge in [-0.15, -0.1) is 0 Å². The molecule has 0 N–H and O–H groups in total. The summed E-state index contributed by atoms with van der Waals surface area (Å²) in [5.41, 5.74) is 4.65. The Hall–Kier alpha value is -1.57. The Kier molecular flexibility index (Phi) is 3.53. The Balaban J connectivity index is 2.47. The normalized spacial score (nSPS) is 21.5. The molecule has 0 spiro atoms. The number of benzene rings is 1. The summed E-state index contributed by atoms with van der Waals surface area (Å²) in [5.74, 6) is 0.775. The fourth-order valence-electron chi connectivity index (χ4n) is 2.32. The number of hydrogen-bond donors (Lipinski definition) is 0. The SMILES string of the molecule is Cc1cccc(C)c1N=C1OC(C)C=C1C(C)(C)C. The van der Waals surface area contributed by atoms with Gasteiger partial charge < -0.3 is 4.74 Å². The van der Waals surface area contributed by atoms with Gasteiger partial charge in [-0.3, -0.25) is 0 Å². The molecule has 2 nitrogen and oxygen atoms in total. The molecule has 102 valence electrons. The summed E-state index contributed by atoms with van der Waals surface area (Å²) in [4.78, 5) is 4.78. The first kappa shape index (κ1) is 13.9. The van der Waals surface area contributed by atoms with E-state index in [2.05, 4.69) is 65.8 Å². The van der Waals surface area contributed by atoms with Crippen molar-refractivity contribution in [1.29, 1.82) is 0 Å². The van der Waals surface area contributed by atoms with E-state index in [1.54, 1.807) is 0 Å². The molecule has 1 aromatic carbocycles. The fourth-order valence-corrected chi connectivity index (χ4v) is 2.32. The molecule has 0 saturated heterocycles. The lowest BCUT2D eigenvalue weighted by Crippen LogP contribution is -2.16. The molecule has 0 amide bonds. The Morgan fingerprint density at radius 2 is 1.68 bits per heavy atom. The van der Waals surface area contributed by atoms with E-state index in [-0.39, 0.29) is 11.5 Å². The van der Waals surface area contributed by atoms with E-state index in [9.17, 15) is 0 Å². The molecule has 2 heteroatoms. The highest BCUT2D eigenvalue weighted by Gasteiger charge is 2.30. The number of nitrogens with zero attached hydrogens (tertiary/aromatic N) is 1. The molecule has 0 radical (unpaired) electrons. The number of aliphatic imine (C=N–C) groups is 1. The summed E-state index contributed by atoms with van der Waals surface area (Å²) in [7, 11) is 0.